The van der Waals surface area contributed by atoms with Crippen LogP contribution in [-0.4, -0.2) is 27.4 Å². The number of halogens is 1. The maximum atomic E-state index is 12.6. The summed E-state index contributed by atoms with van der Waals surface area (Å²) in [7, 11) is 0. The Kier molecular flexibility index (Phi) is 4.11. The van der Waals surface area contributed by atoms with Crippen molar-refractivity contribution >= 4 is 11.8 Å². The van der Waals surface area contributed by atoms with Crippen LogP contribution in [-0.2, 0) is 0 Å². The summed E-state index contributed by atoms with van der Waals surface area (Å²) in [6, 6.07) is 1.29. The van der Waals surface area contributed by atoms with E-state index in [1.54, 1.807) is 0 Å². The molecular weight excluding hydrogens is 191 g/mol. The number of rotatable bonds is 4. The molecule has 0 bridgehead atoms. The highest BCUT2D eigenvalue weighted by Gasteiger charge is 2.03. The molecule has 0 saturated heterocycles. The van der Waals surface area contributed by atoms with Crippen molar-refractivity contribution in [2.24, 2.45) is 5.92 Å². The summed E-state index contributed by atoms with van der Waals surface area (Å²) in [5.74, 6) is 0.407. The molecule has 0 spiro atoms. The number of hydrogen-bond donors (Lipinski definition) is 1. The Morgan fingerprint density at radius 3 is 3.00 bits per heavy atom. The molecule has 1 heterocycles. The molecule has 1 rings (SSSR count). The van der Waals surface area contributed by atoms with Gasteiger partial charge >= 0.3 is 0 Å². The van der Waals surface area contributed by atoms with Gasteiger partial charge in [0.2, 0.25) is 5.95 Å². The van der Waals surface area contributed by atoms with Crippen LogP contribution < -0.4 is 0 Å². The van der Waals surface area contributed by atoms with E-state index in [0.29, 0.717) is 5.03 Å². The fraction of sp³-hybridized carbons (Fsp3) is 0.500. The lowest BCUT2D eigenvalue weighted by molar-refractivity contribution is 0.250. The highest BCUT2D eigenvalue weighted by Crippen LogP contribution is 2.17. The van der Waals surface area contributed by atoms with Crippen LogP contribution in [0.4, 0.5) is 4.39 Å². The van der Waals surface area contributed by atoms with Crippen LogP contribution in [0.25, 0.3) is 0 Å². The number of aliphatic hydroxyl groups is 1. The molecule has 0 saturated carbocycles. The van der Waals surface area contributed by atoms with Crippen molar-refractivity contribution < 1.29 is 9.50 Å². The topological polar surface area (TPSA) is 46.0 Å². The molecule has 1 aromatic heterocycles. The number of thioether (sulfide) groups is 1. The molecule has 0 radical (unpaired) electrons. The highest BCUT2D eigenvalue weighted by atomic mass is 32.2. The monoisotopic (exact) mass is 202 g/mol. The van der Waals surface area contributed by atoms with Crippen LogP contribution in [0, 0.1) is 11.9 Å². The number of hydrogen-bond acceptors (Lipinski definition) is 4. The molecule has 0 aliphatic rings. The summed E-state index contributed by atoms with van der Waals surface area (Å²) in [4.78, 5) is 7.22. The quantitative estimate of drug-likeness (QED) is 0.591. The first-order valence-corrected chi connectivity index (χ1v) is 4.92. The third-order valence-electron chi connectivity index (χ3n) is 1.44. The summed E-state index contributed by atoms with van der Waals surface area (Å²) in [5.41, 5.74) is 0. The zero-order chi connectivity index (χ0) is 9.68. The van der Waals surface area contributed by atoms with Crippen LogP contribution in [0.5, 0.6) is 0 Å². The number of aliphatic hydroxyl groups excluding tert-OH is 1. The lowest BCUT2D eigenvalue weighted by Crippen LogP contribution is -2.03. The first kappa shape index (κ1) is 10.4. The van der Waals surface area contributed by atoms with Gasteiger partial charge in [-0.3, -0.25) is 0 Å². The second-order valence-corrected chi connectivity index (χ2v) is 3.82. The molecule has 1 aromatic rings. The van der Waals surface area contributed by atoms with Gasteiger partial charge in [0, 0.05) is 18.4 Å². The van der Waals surface area contributed by atoms with E-state index in [1.807, 2.05) is 6.92 Å². The largest absolute Gasteiger partial charge is 0.396 e. The summed E-state index contributed by atoms with van der Waals surface area (Å²) < 4.78 is 12.6. The van der Waals surface area contributed by atoms with E-state index in [2.05, 4.69) is 9.97 Å². The Balaban J connectivity index is 2.45. The molecule has 1 N–H and O–H groups in total. The van der Waals surface area contributed by atoms with Crippen LogP contribution in [0.2, 0.25) is 0 Å². The van der Waals surface area contributed by atoms with Crippen molar-refractivity contribution in [1.29, 1.82) is 0 Å². The summed E-state index contributed by atoms with van der Waals surface area (Å²) in [6.07, 6.45) is 1.20. The van der Waals surface area contributed by atoms with Crippen LogP contribution in [0.3, 0.4) is 0 Å². The standard InChI is InChI=1S/C8H11FN2OS/c1-6(3-12)4-13-8-2-7(9)10-5-11-8/h2,5-6,12H,3-4H2,1H3. The second kappa shape index (κ2) is 5.14. The summed E-state index contributed by atoms with van der Waals surface area (Å²) in [6.45, 7) is 2.06. The summed E-state index contributed by atoms with van der Waals surface area (Å²) >= 11 is 1.42. The molecule has 0 amide bonds. The predicted molar refractivity (Wildman–Crippen MR) is 49.0 cm³/mol. The van der Waals surface area contributed by atoms with E-state index < -0.39 is 5.95 Å². The molecule has 1 atom stereocenters. The highest BCUT2D eigenvalue weighted by molar-refractivity contribution is 7.99. The summed E-state index contributed by atoms with van der Waals surface area (Å²) in [5, 5.41) is 9.35. The number of nitrogens with zero attached hydrogens (tertiary/aromatic N) is 2. The molecule has 5 heteroatoms. The minimum absolute atomic E-state index is 0.139. The van der Waals surface area contributed by atoms with Gasteiger partial charge in [-0.15, -0.1) is 11.8 Å². The first-order valence-electron chi connectivity index (χ1n) is 3.93. The molecule has 72 valence electrons. The third kappa shape index (κ3) is 3.69. The van der Waals surface area contributed by atoms with Gasteiger partial charge in [0.25, 0.3) is 0 Å². The first-order chi connectivity index (χ1) is 6.22. The Hall–Kier alpha value is -0.680. The van der Waals surface area contributed by atoms with Crippen molar-refractivity contribution in [3.05, 3.63) is 18.3 Å². The van der Waals surface area contributed by atoms with E-state index >= 15 is 0 Å². The van der Waals surface area contributed by atoms with Gasteiger partial charge in [0.1, 0.15) is 11.4 Å². The van der Waals surface area contributed by atoms with E-state index in [-0.39, 0.29) is 12.5 Å². The van der Waals surface area contributed by atoms with Crippen molar-refractivity contribution in [1.82, 2.24) is 9.97 Å². The average molecular weight is 202 g/mol. The van der Waals surface area contributed by atoms with Crippen molar-refractivity contribution in [2.75, 3.05) is 12.4 Å². The van der Waals surface area contributed by atoms with Crippen molar-refractivity contribution in [3.8, 4) is 0 Å². The normalized spacial score (nSPS) is 12.8. The van der Waals surface area contributed by atoms with E-state index in [4.69, 9.17) is 5.11 Å². The molecule has 1 unspecified atom stereocenters. The molecule has 0 aromatic carbocycles. The van der Waals surface area contributed by atoms with Gasteiger partial charge in [0.15, 0.2) is 0 Å². The van der Waals surface area contributed by atoms with Crippen LogP contribution >= 0.6 is 11.8 Å². The molecule has 0 fully saturated rings. The Bertz CT molecular complexity index is 272. The van der Waals surface area contributed by atoms with E-state index in [0.717, 1.165) is 5.75 Å². The molecule has 13 heavy (non-hydrogen) atoms. The minimum atomic E-state index is -0.519. The van der Waals surface area contributed by atoms with Gasteiger partial charge in [-0.05, 0) is 5.92 Å². The predicted octanol–water partition coefficient (Wildman–Crippen LogP) is 1.34. The lowest BCUT2D eigenvalue weighted by atomic mass is 10.2. The van der Waals surface area contributed by atoms with Crippen molar-refractivity contribution in [3.63, 3.8) is 0 Å². The Morgan fingerprint density at radius 1 is 1.62 bits per heavy atom. The maximum absolute atomic E-state index is 12.6. The lowest BCUT2D eigenvalue weighted by Gasteiger charge is -2.05. The molecule has 0 aliphatic heterocycles. The van der Waals surface area contributed by atoms with Gasteiger partial charge in [-0.2, -0.15) is 4.39 Å². The smallest absolute Gasteiger partial charge is 0.217 e. The molecular formula is C8H11FN2OS. The third-order valence-corrected chi connectivity index (χ3v) is 2.69. The molecule has 3 nitrogen and oxygen atoms in total. The van der Waals surface area contributed by atoms with E-state index in [1.165, 1.54) is 24.2 Å². The minimum Gasteiger partial charge on any atom is -0.396 e. The fourth-order valence-electron chi connectivity index (χ4n) is 0.677. The van der Waals surface area contributed by atoms with Crippen LogP contribution in [0.15, 0.2) is 17.4 Å². The van der Waals surface area contributed by atoms with Gasteiger partial charge in [-0.25, -0.2) is 9.97 Å². The fourth-order valence-corrected chi connectivity index (χ4v) is 1.54. The average Bonchev–Trinajstić information content (AvgIpc) is 2.14. The Morgan fingerprint density at radius 2 is 2.38 bits per heavy atom. The van der Waals surface area contributed by atoms with Crippen LogP contribution in [0.1, 0.15) is 6.92 Å². The van der Waals surface area contributed by atoms with Gasteiger partial charge in [0.05, 0.1) is 0 Å². The van der Waals surface area contributed by atoms with Gasteiger partial charge < -0.3 is 5.11 Å². The second-order valence-electron chi connectivity index (χ2n) is 2.78. The molecule has 0 aliphatic carbocycles. The zero-order valence-electron chi connectivity index (χ0n) is 7.27. The number of aromatic nitrogens is 2. The van der Waals surface area contributed by atoms with Crippen molar-refractivity contribution in [2.45, 2.75) is 11.9 Å². The van der Waals surface area contributed by atoms with Gasteiger partial charge in [-0.1, -0.05) is 6.92 Å². The zero-order valence-corrected chi connectivity index (χ0v) is 8.09. The SMILES string of the molecule is CC(CO)CSc1cc(F)ncn1. The maximum Gasteiger partial charge on any atom is 0.217 e. The Labute approximate surface area is 80.4 Å². The van der Waals surface area contributed by atoms with E-state index in [9.17, 15) is 4.39 Å².